The summed E-state index contributed by atoms with van der Waals surface area (Å²) in [5, 5.41) is 0. The molecular formula is C40H76NO8P. The van der Waals surface area contributed by atoms with Crippen molar-refractivity contribution in [3.8, 4) is 0 Å². The first-order valence-electron chi connectivity index (χ1n) is 20.3. The first kappa shape index (κ1) is 48.5. The zero-order valence-corrected chi connectivity index (χ0v) is 33.0. The SMILES string of the molecule is CCCCCC/C=C\CCCCCCCC(=O)OC[C@H](COP(=O)(O)OCCN)OC(=O)CCCCCCC/C=C\CCCCCCCCC. The minimum Gasteiger partial charge on any atom is -0.462 e. The van der Waals surface area contributed by atoms with E-state index in [0.717, 1.165) is 70.6 Å². The molecule has 294 valence electrons. The second-order valence-corrected chi connectivity index (χ2v) is 14.9. The Morgan fingerprint density at radius 1 is 0.580 bits per heavy atom. The Bertz CT molecular complexity index is 881. The fourth-order valence-electron chi connectivity index (χ4n) is 5.51. The smallest absolute Gasteiger partial charge is 0.462 e. The van der Waals surface area contributed by atoms with Gasteiger partial charge in [-0.15, -0.1) is 0 Å². The van der Waals surface area contributed by atoms with E-state index in [1.807, 2.05) is 0 Å². The lowest BCUT2D eigenvalue weighted by Crippen LogP contribution is -2.29. The molecule has 0 radical (unpaired) electrons. The van der Waals surface area contributed by atoms with E-state index in [9.17, 15) is 19.0 Å². The predicted octanol–water partition coefficient (Wildman–Crippen LogP) is 11.2. The molecular weight excluding hydrogens is 653 g/mol. The normalized spacial score (nSPS) is 13.6. The molecule has 3 N–H and O–H groups in total. The van der Waals surface area contributed by atoms with Crippen LogP contribution in [-0.2, 0) is 32.7 Å². The Labute approximate surface area is 306 Å². The molecule has 0 aliphatic carbocycles. The van der Waals surface area contributed by atoms with Gasteiger partial charge in [-0.3, -0.25) is 18.6 Å². The van der Waals surface area contributed by atoms with Gasteiger partial charge >= 0.3 is 19.8 Å². The average molecular weight is 730 g/mol. The second-order valence-electron chi connectivity index (χ2n) is 13.5. The number of rotatable bonds is 38. The van der Waals surface area contributed by atoms with Gasteiger partial charge in [0.1, 0.15) is 6.61 Å². The monoisotopic (exact) mass is 730 g/mol. The number of ether oxygens (including phenoxy) is 2. The van der Waals surface area contributed by atoms with Crippen LogP contribution in [0.15, 0.2) is 24.3 Å². The molecule has 0 rings (SSSR count). The van der Waals surface area contributed by atoms with Crippen LogP contribution in [-0.4, -0.2) is 49.3 Å². The van der Waals surface area contributed by atoms with Crippen molar-refractivity contribution < 1.29 is 37.6 Å². The fourth-order valence-corrected chi connectivity index (χ4v) is 6.27. The molecule has 9 nitrogen and oxygen atoms in total. The highest BCUT2D eigenvalue weighted by atomic mass is 31.2. The summed E-state index contributed by atoms with van der Waals surface area (Å²) < 4.78 is 32.7. The molecule has 10 heteroatoms. The standard InChI is InChI=1S/C40H76NO8P/c1-3-5-7-9-11-13-15-17-18-19-21-23-25-27-29-31-33-40(43)49-38(37-48-50(44,45)47-35-34-41)36-46-39(42)32-30-28-26-24-22-20-16-14-12-10-8-6-4-2/h14,16,18-19,38H,3-13,15,17,20-37,41H2,1-2H3,(H,44,45)/b16-14-,19-18-/t38-/m1/s1. The highest BCUT2D eigenvalue weighted by Gasteiger charge is 2.25. The van der Waals surface area contributed by atoms with E-state index < -0.39 is 32.5 Å². The number of hydrogen-bond donors (Lipinski definition) is 2. The van der Waals surface area contributed by atoms with E-state index in [2.05, 4.69) is 38.2 Å². The number of esters is 2. The average Bonchev–Trinajstić information content (AvgIpc) is 3.10. The van der Waals surface area contributed by atoms with Crippen LogP contribution in [0.3, 0.4) is 0 Å². The number of unbranched alkanes of at least 4 members (excludes halogenated alkanes) is 21. The molecule has 0 bridgehead atoms. The van der Waals surface area contributed by atoms with Crippen molar-refractivity contribution in [2.24, 2.45) is 5.73 Å². The van der Waals surface area contributed by atoms with E-state index in [4.69, 9.17) is 24.3 Å². The summed E-state index contributed by atoms with van der Waals surface area (Å²) in [6.07, 6.45) is 37.7. The number of phosphoric ester groups is 1. The van der Waals surface area contributed by atoms with Gasteiger partial charge in [0.25, 0.3) is 0 Å². The predicted molar refractivity (Wildman–Crippen MR) is 206 cm³/mol. The maximum absolute atomic E-state index is 12.5. The summed E-state index contributed by atoms with van der Waals surface area (Å²) in [6.45, 7) is 3.69. The molecule has 0 amide bonds. The summed E-state index contributed by atoms with van der Waals surface area (Å²) in [4.78, 5) is 34.7. The van der Waals surface area contributed by atoms with Crippen molar-refractivity contribution in [1.29, 1.82) is 0 Å². The largest absolute Gasteiger partial charge is 0.472 e. The van der Waals surface area contributed by atoms with E-state index in [0.29, 0.717) is 6.42 Å². The molecule has 0 heterocycles. The van der Waals surface area contributed by atoms with Crippen molar-refractivity contribution >= 4 is 19.8 Å². The van der Waals surface area contributed by atoms with Gasteiger partial charge in [-0.1, -0.05) is 134 Å². The second kappa shape index (κ2) is 37.3. The Morgan fingerprint density at radius 2 is 0.980 bits per heavy atom. The van der Waals surface area contributed by atoms with Gasteiger partial charge in [0, 0.05) is 19.4 Å². The van der Waals surface area contributed by atoms with Gasteiger partial charge in [0.15, 0.2) is 6.10 Å². The van der Waals surface area contributed by atoms with Crippen LogP contribution in [0, 0.1) is 0 Å². The van der Waals surface area contributed by atoms with E-state index >= 15 is 0 Å². The summed E-state index contributed by atoms with van der Waals surface area (Å²) in [7, 11) is -4.37. The number of allylic oxidation sites excluding steroid dienone is 4. The maximum atomic E-state index is 12.5. The van der Waals surface area contributed by atoms with Crippen LogP contribution in [0.1, 0.15) is 187 Å². The lowest BCUT2D eigenvalue weighted by molar-refractivity contribution is -0.161. The van der Waals surface area contributed by atoms with Gasteiger partial charge in [-0.25, -0.2) is 4.57 Å². The van der Waals surface area contributed by atoms with Crippen LogP contribution < -0.4 is 5.73 Å². The molecule has 0 aliphatic heterocycles. The van der Waals surface area contributed by atoms with Crippen LogP contribution in [0.2, 0.25) is 0 Å². The molecule has 0 aliphatic rings. The molecule has 0 aromatic heterocycles. The van der Waals surface area contributed by atoms with Crippen LogP contribution in [0.5, 0.6) is 0 Å². The Balaban J connectivity index is 4.21. The van der Waals surface area contributed by atoms with Crippen LogP contribution in [0.4, 0.5) is 0 Å². The topological polar surface area (TPSA) is 134 Å². The Kier molecular flexibility index (Phi) is 36.1. The molecule has 0 saturated carbocycles. The minimum absolute atomic E-state index is 0.0518. The van der Waals surface area contributed by atoms with E-state index in [1.54, 1.807) is 0 Å². The molecule has 0 spiro atoms. The summed E-state index contributed by atoms with van der Waals surface area (Å²) >= 11 is 0. The number of nitrogens with two attached hydrogens (primary N) is 1. The zero-order chi connectivity index (χ0) is 36.8. The van der Waals surface area contributed by atoms with E-state index in [1.165, 1.54) is 83.5 Å². The zero-order valence-electron chi connectivity index (χ0n) is 32.1. The highest BCUT2D eigenvalue weighted by Crippen LogP contribution is 2.43. The Morgan fingerprint density at radius 3 is 1.44 bits per heavy atom. The van der Waals surface area contributed by atoms with Crippen LogP contribution >= 0.6 is 7.82 Å². The summed E-state index contributed by atoms with van der Waals surface area (Å²) in [6, 6.07) is 0. The molecule has 0 aromatic carbocycles. The molecule has 50 heavy (non-hydrogen) atoms. The van der Waals surface area contributed by atoms with Crippen molar-refractivity contribution in [2.45, 2.75) is 193 Å². The van der Waals surface area contributed by atoms with E-state index in [-0.39, 0.29) is 32.6 Å². The summed E-state index contributed by atoms with van der Waals surface area (Å²) in [5.74, 6) is -0.846. The van der Waals surface area contributed by atoms with Gasteiger partial charge in [0.05, 0.1) is 13.2 Å². The lowest BCUT2D eigenvalue weighted by atomic mass is 10.1. The maximum Gasteiger partial charge on any atom is 0.472 e. The Hall–Kier alpha value is -1.51. The van der Waals surface area contributed by atoms with Crippen LogP contribution in [0.25, 0.3) is 0 Å². The van der Waals surface area contributed by atoms with Gasteiger partial charge < -0.3 is 20.1 Å². The number of hydrogen-bond acceptors (Lipinski definition) is 8. The molecule has 1 unspecified atom stereocenters. The third-order valence-electron chi connectivity index (χ3n) is 8.56. The molecule has 2 atom stereocenters. The van der Waals surface area contributed by atoms with Gasteiger partial charge in [-0.2, -0.15) is 0 Å². The molecule has 0 saturated heterocycles. The highest BCUT2D eigenvalue weighted by molar-refractivity contribution is 7.47. The number of carbonyl (C=O) groups excluding carboxylic acids is 2. The third-order valence-corrected chi connectivity index (χ3v) is 9.54. The molecule has 0 fully saturated rings. The lowest BCUT2D eigenvalue weighted by Gasteiger charge is -2.19. The van der Waals surface area contributed by atoms with Gasteiger partial charge in [0.2, 0.25) is 0 Å². The van der Waals surface area contributed by atoms with Crippen molar-refractivity contribution in [3.05, 3.63) is 24.3 Å². The van der Waals surface area contributed by atoms with Crippen molar-refractivity contribution in [3.63, 3.8) is 0 Å². The fraction of sp³-hybridized carbons (Fsp3) is 0.850. The van der Waals surface area contributed by atoms with Crippen molar-refractivity contribution in [2.75, 3.05) is 26.4 Å². The number of carbonyl (C=O) groups is 2. The first-order valence-corrected chi connectivity index (χ1v) is 21.8. The third kappa shape index (κ3) is 36.3. The quantitative estimate of drug-likeness (QED) is 0.0275. The number of phosphoric acid groups is 1. The van der Waals surface area contributed by atoms with Crippen molar-refractivity contribution in [1.82, 2.24) is 0 Å². The summed E-state index contributed by atoms with van der Waals surface area (Å²) in [5.41, 5.74) is 5.33. The minimum atomic E-state index is -4.37. The first-order chi connectivity index (χ1) is 24.3. The molecule has 0 aromatic rings. The van der Waals surface area contributed by atoms with Gasteiger partial charge in [-0.05, 0) is 64.2 Å².